The maximum absolute atomic E-state index is 12.4. The number of methoxy groups -OCH3 is 1. The van der Waals surface area contributed by atoms with E-state index in [0.29, 0.717) is 22.9 Å². The van der Waals surface area contributed by atoms with Gasteiger partial charge in [-0.25, -0.2) is 0 Å². The lowest BCUT2D eigenvalue weighted by Gasteiger charge is -2.09. The van der Waals surface area contributed by atoms with Gasteiger partial charge in [0.2, 0.25) is 0 Å². The topological polar surface area (TPSA) is 60.5 Å². The van der Waals surface area contributed by atoms with Crippen LogP contribution in [0, 0.1) is 0 Å². The summed E-state index contributed by atoms with van der Waals surface area (Å²) in [4.78, 5) is 16.9. The van der Waals surface area contributed by atoms with Crippen molar-refractivity contribution in [1.29, 1.82) is 0 Å². The Hall–Kier alpha value is -2.86. The molecule has 1 aromatic carbocycles. The average Bonchev–Trinajstić information content (AvgIpc) is 3.10. The van der Waals surface area contributed by atoms with E-state index in [2.05, 4.69) is 10.3 Å². The molecule has 0 aliphatic rings. The highest BCUT2D eigenvalue weighted by Crippen LogP contribution is 2.27. The summed E-state index contributed by atoms with van der Waals surface area (Å²) in [5, 5.41) is 4.64. The van der Waals surface area contributed by atoms with E-state index < -0.39 is 0 Å². The van der Waals surface area contributed by atoms with Gasteiger partial charge in [0.05, 0.1) is 19.0 Å². The second kappa shape index (κ2) is 7.61. The van der Waals surface area contributed by atoms with Gasteiger partial charge >= 0.3 is 0 Å². The van der Waals surface area contributed by atoms with Gasteiger partial charge in [-0.3, -0.25) is 9.78 Å². The highest BCUT2D eigenvalue weighted by atomic mass is 32.1. The molecule has 24 heavy (non-hydrogen) atoms. The number of thiophene rings is 1. The van der Waals surface area contributed by atoms with Gasteiger partial charge in [-0.1, -0.05) is 12.1 Å². The smallest absolute Gasteiger partial charge is 0.269 e. The van der Waals surface area contributed by atoms with Crippen LogP contribution in [0.2, 0.25) is 0 Å². The van der Waals surface area contributed by atoms with Crippen molar-refractivity contribution in [1.82, 2.24) is 4.98 Å². The highest BCUT2D eigenvalue weighted by molar-refractivity contribution is 7.12. The zero-order valence-corrected chi connectivity index (χ0v) is 13.9. The molecule has 3 rings (SSSR count). The molecule has 0 unspecified atom stereocenters. The molecule has 0 atom stereocenters. The molecule has 3 aromatic rings. The lowest BCUT2D eigenvalue weighted by atomic mass is 10.2. The summed E-state index contributed by atoms with van der Waals surface area (Å²) in [5.41, 5.74) is 1.62. The maximum atomic E-state index is 12.4. The van der Waals surface area contributed by atoms with E-state index in [1.165, 1.54) is 11.3 Å². The van der Waals surface area contributed by atoms with Crippen LogP contribution in [0.5, 0.6) is 11.5 Å². The summed E-state index contributed by atoms with van der Waals surface area (Å²) >= 11 is 1.34. The molecular weight excluding hydrogens is 324 g/mol. The first-order valence-electron chi connectivity index (χ1n) is 7.31. The van der Waals surface area contributed by atoms with Crippen LogP contribution in [-0.4, -0.2) is 18.0 Å². The summed E-state index contributed by atoms with van der Waals surface area (Å²) in [6.45, 7) is 0.362. The molecule has 0 radical (unpaired) electrons. The summed E-state index contributed by atoms with van der Waals surface area (Å²) < 4.78 is 11.0. The normalized spacial score (nSPS) is 10.2. The monoisotopic (exact) mass is 340 g/mol. The summed E-state index contributed by atoms with van der Waals surface area (Å²) in [6.07, 6.45) is 3.26. The largest absolute Gasteiger partial charge is 0.497 e. The number of hydrogen-bond donors (Lipinski definition) is 1. The first kappa shape index (κ1) is 16.0. The number of rotatable bonds is 6. The Bertz CT molecular complexity index is 818. The molecule has 0 spiro atoms. The Morgan fingerprint density at radius 3 is 2.96 bits per heavy atom. The van der Waals surface area contributed by atoms with E-state index in [-0.39, 0.29) is 5.91 Å². The van der Waals surface area contributed by atoms with Crippen LogP contribution >= 0.6 is 11.3 Å². The molecule has 2 heterocycles. The van der Waals surface area contributed by atoms with E-state index in [9.17, 15) is 4.79 Å². The van der Waals surface area contributed by atoms with Crippen molar-refractivity contribution in [2.45, 2.75) is 6.61 Å². The van der Waals surface area contributed by atoms with Crippen LogP contribution in [0.25, 0.3) is 0 Å². The van der Waals surface area contributed by atoms with Crippen molar-refractivity contribution < 1.29 is 14.3 Å². The lowest BCUT2D eigenvalue weighted by molar-refractivity contribution is 0.102. The third-order valence-electron chi connectivity index (χ3n) is 3.28. The van der Waals surface area contributed by atoms with Crippen molar-refractivity contribution in [3.63, 3.8) is 0 Å². The van der Waals surface area contributed by atoms with Gasteiger partial charge in [-0.05, 0) is 41.3 Å². The van der Waals surface area contributed by atoms with E-state index >= 15 is 0 Å². The number of benzene rings is 1. The zero-order valence-electron chi connectivity index (χ0n) is 13.1. The highest BCUT2D eigenvalue weighted by Gasteiger charge is 2.15. The average molecular weight is 340 g/mol. The number of amides is 1. The van der Waals surface area contributed by atoms with E-state index in [4.69, 9.17) is 9.47 Å². The van der Waals surface area contributed by atoms with E-state index in [1.54, 1.807) is 37.7 Å². The van der Waals surface area contributed by atoms with Crippen LogP contribution in [0.1, 0.15) is 15.2 Å². The Morgan fingerprint density at radius 1 is 1.25 bits per heavy atom. The van der Waals surface area contributed by atoms with Crippen molar-refractivity contribution in [2.75, 3.05) is 12.4 Å². The van der Waals surface area contributed by atoms with Gasteiger partial charge in [0.15, 0.2) is 0 Å². The first-order chi connectivity index (χ1) is 11.8. The summed E-state index contributed by atoms with van der Waals surface area (Å²) in [5.74, 6) is 1.12. The van der Waals surface area contributed by atoms with Gasteiger partial charge in [0, 0.05) is 6.20 Å². The molecule has 6 heteroatoms. The maximum Gasteiger partial charge on any atom is 0.269 e. The number of carbonyl (C=O) groups is 1. The molecule has 0 bridgehead atoms. The standard InChI is InChI=1S/C18H16N2O3S/c1-22-15-6-2-4-13(10-15)12-23-16-7-9-24-17(16)18(21)20-14-5-3-8-19-11-14/h2-11H,12H2,1H3,(H,20,21). The Labute approximate surface area is 143 Å². The number of aromatic nitrogens is 1. The molecule has 5 nitrogen and oxygen atoms in total. The molecule has 2 aromatic heterocycles. The summed E-state index contributed by atoms with van der Waals surface area (Å²) in [6, 6.07) is 13.0. The van der Waals surface area contributed by atoms with E-state index in [0.717, 1.165) is 11.3 Å². The molecule has 1 amide bonds. The summed E-state index contributed by atoms with van der Waals surface area (Å²) in [7, 11) is 1.62. The second-order valence-electron chi connectivity index (χ2n) is 4.95. The van der Waals surface area contributed by atoms with Crippen LogP contribution in [0.15, 0.2) is 60.2 Å². The van der Waals surface area contributed by atoms with Crippen LogP contribution < -0.4 is 14.8 Å². The van der Waals surface area contributed by atoms with Crippen molar-refractivity contribution in [3.8, 4) is 11.5 Å². The predicted octanol–water partition coefficient (Wildman–Crippen LogP) is 3.98. The Kier molecular flexibility index (Phi) is 5.08. The minimum absolute atomic E-state index is 0.210. The van der Waals surface area contributed by atoms with Crippen LogP contribution in [0.3, 0.4) is 0 Å². The molecule has 122 valence electrons. The second-order valence-corrected chi connectivity index (χ2v) is 5.87. The number of hydrogen-bond acceptors (Lipinski definition) is 5. The van der Waals surface area contributed by atoms with Crippen LogP contribution in [-0.2, 0) is 6.61 Å². The van der Waals surface area contributed by atoms with Gasteiger partial charge in [0.25, 0.3) is 5.91 Å². The third-order valence-corrected chi connectivity index (χ3v) is 4.18. The fourth-order valence-corrected chi connectivity index (χ4v) is 2.85. The van der Waals surface area contributed by atoms with Gasteiger partial charge in [-0.2, -0.15) is 0 Å². The number of ether oxygens (including phenoxy) is 2. The van der Waals surface area contributed by atoms with E-state index in [1.807, 2.05) is 29.6 Å². The number of anilines is 1. The number of nitrogens with zero attached hydrogens (tertiary/aromatic N) is 1. The molecule has 0 aliphatic carbocycles. The van der Waals surface area contributed by atoms with Crippen molar-refractivity contribution in [2.24, 2.45) is 0 Å². The Morgan fingerprint density at radius 2 is 2.17 bits per heavy atom. The molecule has 0 aliphatic heterocycles. The Balaban J connectivity index is 1.67. The molecule has 0 saturated heterocycles. The number of pyridine rings is 1. The van der Waals surface area contributed by atoms with Gasteiger partial charge in [0.1, 0.15) is 23.0 Å². The number of carbonyl (C=O) groups excluding carboxylic acids is 1. The van der Waals surface area contributed by atoms with Gasteiger partial charge < -0.3 is 14.8 Å². The molecule has 1 N–H and O–H groups in total. The first-order valence-corrected chi connectivity index (χ1v) is 8.19. The van der Waals surface area contributed by atoms with Crippen molar-refractivity contribution >= 4 is 22.9 Å². The third kappa shape index (κ3) is 3.91. The minimum atomic E-state index is -0.210. The molecular formula is C18H16N2O3S. The quantitative estimate of drug-likeness (QED) is 0.737. The predicted molar refractivity (Wildman–Crippen MR) is 93.8 cm³/mol. The molecule has 0 saturated carbocycles. The number of nitrogens with one attached hydrogen (secondary N) is 1. The lowest BCUT2D eigenvalue weighted by Crippen LogP contribution is -2.11. The van der Waals surface area contributed by atoms with Crippen molar-refractivity contribution in [3.05, 3.63) is 70.7 Å². The van der Waals surface area contributed by atoms with Gasteiger partial charge in [-0.15, -0.1) is 11.3 Å². The fourth-order valence-electron chi connectivity index (χ4n) is 2.12. The SMILES string of the molecule is COc1cccc(COc2ccsc2C(=O)Nc2cccnc2)c1. The minimum Gasteiger partial charge on any atom is -0.497 e. The molecule has 0 fully saturated rings. The zero-order chi connectivity index (χ0) is 16.8. The van der Waals surface area contributed by atoms with Crippen LogP contribution in [0.4, 0.5) is 5.69 Å². The fraction of sp³-hybridized carbons (Fsp3) is 0.111.